The van der Waals surface area contributed by atoms with Crippen molar-refractivity contribution in [2.45, 2.75) is 183 Å². The van der Waals surface area contributed by atoms with Gasteiger partial charge in [-0.15, -0.1) is 0 Å². The molecule has 148 heavy (non-hydrogen) atoms. The highest BCUT2D eigenvalue weighted by molar-refractivity contribution is 6.25. The summed E-state index contributed by atoms with van der Waals surface area (Å²) in [7, 11) is 0. The van der Waals surface area contributed by atoms with Gasteiger partial charge in [0.2, 0.25) is 0 Å². The number of hydrogen-bond acceptors (Lipinski definition) is 8. The average Bonchev–Trinajstić information content (AvgIpc) is 1.61. The quantitative estimate of drug-likeness (QED) is 0.149. The second-order valence-electron chi connectivity index (χ2n) is 46.5. The molecule has 12 heteroatoms. The number of nitrogens with zero attached hydrogens (tertiary/aromatic N) is 12. The lowest BCUT2D eigenvalue weighted by atomic mass is 9.85. The van der Waals surface area contributed by atoms with Gasteiger partial charge in [0.05, 0.1) is 94.1 Å². The number of aromatic nitrogens is 12. The number of pyridine rings is 6. The summed E-state index contributed by atoms with van der Waals surface area (Å²) in [6.45, 7) is 46.9. The predicted molar refractivity (Wildman–Crippen MR) is 630 cm³/mol. The highest BCUT2D eigenvalue weighted by atomic mass is 15.0. The highest BCUT2D eigenvalue weighted by Crippen LogP contribution is 2.44. The van der Waals surface area contributed by atoms with Crippen molar-refractivity contribution in [2.24, 2.45) is 0 Å². The largest absolute Gasteiger partial charge is 0.292 e. The molecule has 27 aromatic rings. The predicted octanol–water partition coefficient (Wildman–Crippen LogP) is 36.0. The standard InChI is InChI=1S/C27H22N2.3C23H20N2.C15H17N.C13H15N.C12H14N2/c1-27(2,3)18-13-15-23-21(16-18)25-19-9-5-4-8-17(19)12-14-20(25)26-28-22-10-6-7-11-24(22)29(23)26;1-23(2,3)15-12-13-16-17-8-4-6-10-20(17)25-21-11-7-5-9-19(21)24-22(25)18(16)14-15;1-23(2,3)15-12-13-17-18(14-15)16-8-4-6-10-20(16)25-21-11-7-5-9-19(21)24-22(17)25;1-23(2,3)15-12-13-19-21(14-15)25-20-11-7-6-9-17(20)16-8-4-5-10-18(16)22(25)24-19;1-15(2,3)13-9-7-12(8-10-13)14-6-4-5-11-16-14;1-13(2,3)11-8-4-6-10-7-5-9-14-12(10)11;1-12(2,3)11-8-13-9-6-4-5-7-10(9)14-11/h4-16H,1-3H3;3*4-14H,1-3H3;4-11H,1-3H3;4-9H,1-3H3;4-8H,1-3H3. The fraction of sp³-hybridized carbons (Fsp3) is 0.206. The van der Waals surface area contributed by atoms with Crippen LogP contribution >= 0.6 is 0 Å². The normalized spacial score (nSPS) is 12.4. The Labute approximate surface area is 866 Å². The topological polar surface area (TPSA) is 121 Å². The molecule has 16 aromatic carbocycles. The van der Waals surface area contributed by atoms with Gasteiger partial charge in [0.25, 0.3) is 0 Å². The molecule has 0 aliphatic carbocycles. The summed E-state index contributed by atoms with van der Waals surface area (Å²) in [5.74, 6) is 0. The van der Waals surface area contributed by atoms with Crippen LogP contribution in [0.15, 0.2) is 395 Å². The number of benzene rings is 16. The molecule has 11 heterocycles. The van der Waals surface area contributed by atoms with E-state index in [4.69, 9.17) is 19.9 Å². The summed E-state index contributed by atoms with van der Waals surface area (Å²) >= 11 is 0. The molecule has 0 aliphatic rings. The maximum Gasteiger partial charge on any atom is 0.146 e. The molecule has 12 nitrogen and oxygen atoms in total. The Hall–Kier alpha value is -16.4. The van der Waals surface area contributed by atoms with Gasteiger partial charge in [-0.05, 0) is 220 Å². The number of hydrogen-bond donors (Lipinski definition) is 0. The van der Waals surface area contributed by atoms with Crippen LogP contribution in [0.25, 0.3) is 197 Å². The number of para-hydroxylation sites is 12. The molecule has 0 radical (unpaired) electrons. The second-order valence-corrected chi connectivity index (χ2v) is 46.5. The van der Waals surface area contributed by atoms with Crippen molar-refractivity contribution in [1.82, 2.24) is 57.5 Å². The van der Waals surface area contributed by atoms with Gasteiger partial charge < -0.3 is 0 Å². The van der Waals surface area contributed by atoms with Gasteiger partial charge >= 0.3 is 0 Å². The molecular formula is C136H128N12. The summed E-state index contributed by atoms with van der Waals surface area (Å²) in [6.07, 6.45) is 5.55. The zero-order valence-corrected chi connectivity index (χ0v) is 88.9. The SMILES string of the molecule is CC(C)(C)c1ccc(-c2ccccn2)cc1.CC(C)(C)c1ccc2c(c1)c1c3ccccc3ccc1c1nc3ccccc3n21.CC(C)(C)c1ccc2c(c1)c1ccccc1n1c3ccccc3nc21.CC(C)(C)c1ccc2c3ccccc3n3c4ccccc4nc3c2c1.CC(C)(C)c1ccc2nc3c4ccccc4c4ccccc4n3c2c1.CC(C)(C)c1cccc2cccnc12.CC(C)(C)c1cnc2ccccc2n1. The summed E-state index contributed by atoms with van der Waals surface area (Å²) in [4.78, 5) is 37.7. The van der Waals surface area contributed by atoms with Crippen LogP contribution in [-0.4, -0.2) is 57.5 Å². The van der Waals surface area contributed by atoms with Gasteiger partial charge in [0, 0.05) is 83.4 Å². The van der Waals surface area contributed by atoms with Gasteiger partial charge in [0.1, 0.15) is 22.6 Å². The molecule has 0 fully saturated rings. The van der Waals surface area contributed by atoms with Crippen LogP contribution in [0.5, 0.6) is 0 Å². The molecule has 732 valence electrons. The molecule has 0 bridgehead atoms. The molecule has 0 amide bonds. The van der Waals surface area contributed by atoms with E-state index in [0.717, 1.165) is 89.1 Å². The maximum atomic E-state index is 5.03. The van der Waals surface area contributed by atoms with Gasteiger partial charge in [0.15, 0.2) is 0 Å². The molecule has 27 rings (SSSR count). The molecular weight excluding hydrogens is 1800 g/mol. The Kier molecular flexibility index (Phi) is 25.2. The molecule has 0 saturated carbocycles. The Morgan fingerprint density at radius 1 is 0.189 bits per heavy atom. The molecule has 0 atom stereocenters. The first kappa shape index (κ1) is 97.6. The second kappa shape index (κ2) is 38.2. The van der Waals surface area contributed by atoms with E-state index in [1.165, 1.54) is 147 Å². The Morgan fingerprint density at radius 3 is 1.08 bits per heavy atom. The fourth-order valence-electron chi connectivity index (χ4n) is 20.6. The fourth-order valence-corrected chi connectivity index (χ4v) is 20.6. The van der Waals surface area contributed by atoms with E-state index in [1.807, 2.05) is 67.1 Å². The van der Waals surface area contributed by atoms with Crippen LogP contribution in [-0.2, 0) is 37.9 Å². The van der Waals surface area contributed by atoms with Gasteiger partial charge in [-0.25, -0.2) is 24.9 Å². The van der Waals surface area contributed by atoms with Crippen LogP contribution in [0.2, 0.25) is 0 Å². The summed E-state index contributed by atoms with van der Waals surface area (Å²) in [6, 6.07) is 133. The van der Waals surface area contributed by atoms with Crippen molar-refractivity contribution in [3.63, 3.8) is 0 Å². The molecule has 11 aromatic heterocycles. The third-order valence-corrected chi connectivity index (χ3v) is 28.8. The van der Waals surface area contributed by atoms with Crippen molar-refractivity contribution in [1.29, 1.82) is 0 Å². The molecule has 0 aliphatic heterocycles. The Balaban J connectivity index is 0.000000103. The lowest BCUT2D eigenvalue weighted by molar-refractivity contribution is 0.568. The molecule has 0 unspecified atom stereocenters. The van der Waals surface area contributed by atoms with E-state index in [0.29, 0.717) is 0 Å². The van der Waals surface area contributed by atoms with Crippen molar-refractivity contribution >= 4 is 186 Å². The van der Waals surface area contributed by atoms with Crippen LogP contribution < -0.4 is 0 Å². The van der Waals surface area contributed by atoms with Gasteiger partial charge in [-0.1, -0.05) is 394 Å². The molecule has 0 saturated heterocycles. The van der Waals surface area contributed by atoms with Crippen molar-refractivity contribution in [3.05, 3.63) is 434 Å². The monoisotopic (exact) mass is 1930 g/mol. The summed E-state index contributed by atoms with van der Waals surface area (Å²) < 4.78 is 9.25. The van der Waals surface area contributed by atoms with Crippen LogP contribution in [0.3, 0.4) is 0 Å². The lowest BCUT2D eigenvalue weighted by Crippen LogP contribution is -2.13. The smallest absolute Gasteiger partial charge is 0.146 e. The minimum Gasteiger partial charge on any atom is -0.292 e. The maximum absolute atomic E-state index is 5.03. The lowest BCUT2D eigenvalue weighted by Gasteiger charge is -2.21. The number of rotatable bonds is 1. The van der Waals surface area contributed by atoms with E-state index in [9.17, 15) is 0 Å². The molecule has 0 spiro atoms. The third-order valence-electron chi connectivity index (χ3n) is 28.8. The zero-order valence-electron chi connectivity index (χ0n) is 88.9. The van der Waals surface area contributed by atoms with Crippen molar-refractivity contribution in [3.8, 4) is 11.3 Å². The van der Waals surface area contributed by atoms with E-state index in [-0.39, 0.29) is 37.9 Å². The van der Waals surface area contributed by atoms with Crippen molar-refractivity contribution < 1.29 is 0 Å². The van der Waals surface area contributed by atoms with Gasteiger partial charge in [-0.3, -0.25) is 32.6 Å². The van der Waals surface area contributed by atoms with E-state index >= 15 is 0 Å². The number of imidazole rings is 4. The minimum absolute atomic E-state index is 0.0665. The Morgan fingerprint density at radius 2 is 0.554 bits per heavy atom. The van der Waals surface area contributed by atoms with Crippen LogP contribution in [0.4, 0.5) is 0 Å². The number of fused-ring (bicyclic) bond motifs is 36. The first-order chi connectivity index (χ1) is 70.9. The van der Waals surface area contributed by atoms with Crippen LogP contribution in [0, 0.1) is 0 Å². The first-order valence-electron chi connectivity index (χ1n) is 51.8. The summed E-state index contributed by atoms with van der Waals surface area (Å²) in [5, 5.41) is 18.8. The zero-order chi connectivity index (χ0) is 103. The van der Waals surface area contributed by atoms with E-state index < -0.39 is 0 Å². The van der Waals surface area contributed by atoms with E-state index in [1.54, 1.807) is 0 Å². The highest BCUT2D eigenvalue weighted by Gasteiger charge is 2.27. The van der Waals surface area contributed by atoms with E-state index in [2.05, 4.69) is 511 Å². The first-order valence-corrected chi connectivity index (χ1v) is 51.8. The van der Waals surface area contributed by atoms with Crippen molar-refractivity contribution in [2.75, 3.05) is 0 Å². The Bertz CT molecular complexity index is 9760. The molecule has 0 N–H and O–H groups in total. The van der Waals surface area contributed by atoms with Crippen LogP contribution in [0.1, 0.15) is 184 Å². The summed E-state index contributed by atoms with van der Waals surface area (Å²) in [5.41, 5.74) is 33.1. The minimum atomic E-state index is 0.0665. The average molecular weight is 1930 g/mol. The third kappa shape index (κ3) is 18.8. The van der Waals surface area contributed by atoms with Gasteiger partial charge in [-0.2, -0.15) is 0 Å².